The van der Waals surface area contributed by atoms with E-state index in [9.17, 15) is 9.59 Å². The van der Waals surface area contributed by atoms with Crippen LogP contribution in [0.1, 0.15) is 37.4 Å². The lowest BCUT2D eigenvalue weighted by molar-refractivity contribution is -0.133. The molecule has 0 spiro atoms. The van der Waals surface area contributed by atoms with Gasteiger partial charge >= 0.3 is 6.03 Å². The van der Waals surface area contributed by atoms with Crippen LogP contribution in [0.2, 0.25) is 0 Å². The van der Waals surface area contributed by atoms with Crippen LogP contribution in [0.4, 0.5) is 4.79 Å². The second-order valence-corrected chi connectivity index (χ2v) is 7.36. The summed E-state index contributed by atoms with van der Waals surface area (Å²) in [7, 11) is 1.72. The Balaban J connectivity index is 1.34. The van der Waals surface area contributed by atoms with Gasteiger partial charge in [-0.1, -0.05) is 0 Å². The number of nitrogens with zero attached hydrogens (tertiary/aromatic N) is 4. The van der Waals surface area contributed by atoms with E-state index in [-0.39, 0.29) is 11.9 Å². The molecule has 1 unspecified atom stereocenters. The molecule has 0 radical (unpaired) electrons. The van der Waals surface area contributed by atoms with E-state index in [4.69, 9.17) is 0 Å². The lowest BCUT2D eigenvalue weighted by atomic mass is 9.95. The standard InChI is InChI=1S/C17H25N5O2/c1-20-11-14(19-17(20)24)16(23)21-7-4-13(5-8-21)15-18-6-9-22(15)10-12-2-3-12/h6,9,12-14H,2-5,7-8,10-11H2,1H3,(H,19,24). The first-order valence-electron chi connectivity index (χ1n) is 8.93. The summed E-state index contributed by atoms with van der Waals surface area (Å²) in [5.41, 5.74) is 0. The highest BCUT2D eigenvalue weighted by atomic mass is 16.2. The Labute approximate surface area is 142 Å². The Hall–Kier alpha value is -2.05. The van der Waals surface area contributed by atoms with E-state index in [1.165, 1.54) is 18.7 Å². The minimum absolute atomic E-state index is 0.0486. The number of hydrogen-bond donors (Lipinski definition) is 1. The molecule has 1 saturated carbocycles. The van der Waals surface area contributed by atoms with Gasteiger partial charge in [0.05, 0.1) is 6.54 Å². The van der Waals surface area contributed by atoms with Crippen molar-refractivity contribution >= 4 is 11.9 Å². The zero-order valence-electron chi connectivity index (χ0n) is 14.1. The molecule has 1 aliphatic carbocycles. The third-order valence-electron chi connectivity index (χ3n) is 5.47. The molecule has 1 N–H and O–H groups in total. The minimum atomic E-state index is -0.393. The SMILES string of the molecule is CN1CC(C(=O)N2CCC(c3nccn3CC3CC3)CC2)NC1=O. The van der Waals surface area contributed by atoms with Crippen molar-refractivity contribution in [2.45, 2.75) is 44.2 Å². The van der Waals surface area contributed by atoms with Crippen LogP contribution < -0.4 is 5.32 Å². The summed E-state index contributed by atoms with van der Waals surface area (Å²) in [5, 5.41) is 2.76. The molecule has 3 aliphatic rings. The quantitative estimate of drug-likeness (QED) is 0.895. The molecule has 4 rings (SSSR count). The van der Waals surface area contributed by atoms with Crippen LogP contribution in [0.25, 0.3) is 0 Å². The number of likely N-dealkylation sites (tertiary alicyclic amines) is 1. The van der Waals surface area contributed by atoms with Crippen LogP contribution in [0, 0.1) is 5.92 Å². The number of carbonyl (C=O) groups excluding carboxylic acids is 2. The molecule has 3 fully saturated rings. The molecular formula is C17H25N5O2. The summed E-state index contributed by atoms with van der Waals surface area (Å²) in [6.45, 7) is 3.05. The molecule has 3 amide bonds. The summed E-state index contributed by atoms with van der Waals surface area (Å²) in [6, 6.07) is -0.554. The van der Waals surface area contributed by atoms with Crippen molar-refractivity contribution in [1.29, 1.82) is 0 Å². The number of nitrogens with one attached hydrogen (secondary N) is 1. The van der Waals surface area contributed by atoms with Gasteiger partial charge in [-0.3, -0.25) is 4.79 Å². The van der Waals surface area contributed by atoms with Crippen molar-refractivity contribution in [3.8, 4) is 0 Å². The van der Waals surface area contributed by atoms with Gasteiger partial charge in [0, 0.05) is 45.0 Å². The first kappa shape index (κ1) is 15.5. The molecule has 7 heteroatoms. The molecule has 2 saturated heterocycles. The number of likely N-dealkylation sites (N-methyl/N-ethyl adjacent to an activating group) is 1. The van der Waals surface area contributed by atoms with Gasteiger partial charge in [0.2, 0.25) is 5.91 Å². The Morgan fingerprint density at radius 1 is 1.29 bits per heavy atom. The van der Waals surface area contributed by atoms with E-state index >= 15 is 0 Å². The topological polar surface area (TPSA) is 70.5 Å². The number of aromatic nitrogens is 2. The maximum atomic E-state index is 12.6. The molecule has 7 nitrogen and oxygen atoms in total. The molecule has 130 valence electrons. The number of imidazole rings is 1. The minimum Gasteiger partial charge on any atom is -0.341 e. The fourth-order valence-corrected chi connectivity index (χ4v) is 3.79. The van der Waals surface area contributed by atoms with Crippen LogP contribution in [-0.2, 0) is 11.3 Å². The van der Waals surface area contributed by atoms with E-state index in [0.717, 1.165) is 38.4 Å². The Morgan fingerprint density at radius 3 is 2.67 bits per heavy atom. The predicted molar refractivity (Wildman–Crippen MR) is 88.5 cm³/mol. The summed E-state index contributed by atoms with van der Waals surface area (Å²) in [6.07, 6.45) is 8.57. The van der Waals surface area contributed by atoms with Gasteiger partial charge in [0.25, 0.3) is 0 Å². The largest absolute Gasteiger partial charge is 0.341 e. The summed E-state index contributed by atoms with van der Waals surface area (Å²) in [4.78, 5) is 32.2. The van der Waals surface area contributed by atoms with E-state index in [0.29, 0.717) is 12.5 Å². The van der Waals surface area contributed by atoms with Gasteiger partial charge in [-0.25, -0.2) is 9.78 Å². The molecule has 1 aromatic rings. The van der Waals surface area contributed by atoms with Crippen molar-refractivity contribution in [3.63, 3.8) is 0 Å². The maximum absolute atomic E-state index is 12.6. The highest BCUT2D eigenvalue weighted by Crippen LogP contribution is 2.33. The van der Waals surface area contributed by atoms with Crippen LogP contribution in [0.15, 0.2) is 12.4 Å². The van der Waals surface area contributed by atoms with E-state index in [1.807, 2.05) is 11.1 Å². The highest BCUT2D eigenvalue weighted by molar-refractivity contribution is 5.90. The third kappa shape index (κ3) is 2.99. The number of rotatable bonds is 4. The van der Waals surface area contributed by atoms with E-state index < -0.39 is 6.04 Å². The molecule has 2 aliphatic heterocycles. The van der Waals surface area contributed by atoms with Crippen molar-refractivity contribution in [3.05, 3.63) is 18.2 Å². The molecule has 0 bridgehead atoms. The zero-order chi connectivity index (χ0) is 16.7. The fraction of sp³-hybridized carbons (Fsp3) is 0.706. The second kappa shape index (κ2) is 6.11. The van der Waals surface area contributed by atoms with Crippen LogP contribution >= 0.6 is 0 Å². The summed E-state index contributed by atoms with van der Waals surface area (Å²) >= 11 is 0. The normalized spacial score (nSPS) is 25.2. The first-order valence-corrected chi connectivity index (χ1v) is 8.93. The van der Waals surface area contributed by atoms with Gasteiger partial charge in [-0.15, -0.1) is 0 Å². The van der Waals surface area contributed by atoms with Gasteiger partial charge in [-0.05, 0) is 31.6 Å². The molecule has 1 aromatic heterocycles. The van der Waals surface area contributed by atoms with E-state index in [1.54, 1.807) is 11.9 Å². The summed E-state index contributed by atoms with van der Waals surface area (Å²) < 4.78 is 2.31. The average Bonchev–Trinajstić information content (AvgIpc) is 3.17. The van der Waals surface area contributed by atoms with Gasteiger partial charge in [0.15, 0.2) is 0 Å². The highest BCUT2D eigenvalue weighted by Gasteiger charge is 2.36. The Kier molecular flexibility index (Phi) is 3.94. The third-order valence-corrected chi connectivity index (χ3v) is 5.47. The van der Waals surface area contributed by atoms with Crippen molar-refractivity contribution in [2.75, 3.05) is 26.7 Å². The molecule has 24 heavy (non-hydrogen) atoms. The van der Waals surface area contributed by atoms with E-state index in [2.05, 4.69) is 21.1 Å². The predicted octanol–water partition coefficient (Wildman–Crippen LogP) is 1.02. The first-order chi connectivity index (χ1) is 11.6. The van der Waals surface area contributed by atoms with Crippen molar-refractivity contribution < 1.29 is 9.59 Å². The second-order valence-electron chi connectivity index (χ2n) is 7.36. The lowest BCUT2D eigenvalue weighted by Gasteiger charge is -2.33. The monoisotopic (exact) mass is 331 g/mol. The molecular weight excluding hydrogens is 306 g/mol. The van der Waals surface area contributed by atoms with Crippen molar-refractivity contribution in [1.82, 2.24) is 24.7 Å². The number of piperidine rings is 1. The lowest BCUT2D eigenvalue weighted by Crippen LogP contribution is -2.48. The number of carbonyl (C=O) groups is 2. The molecule has 1 atom stereocenters. The van der Waals surface area contributed by atoms with Crippen LogP contribution in [0.5, 0.6) is 0 Å². The summed E-state index contributed by atoms with van der Waals surface area (Å²) in [5.74, 6) is 2.50. The van der Waals surface area contributed by atoms with Gasteiger partial charge < -0.3 is 19.7 Å². The number of hydrogen-bond acceptors (Lipinski definition) is 3. The van der Waals surface area contributed by atoms with Crippen LogP contribution in [0.3, 0.4) is 0 Å². The number of urea groups is 1. The zero-order valence-corrected chi connectivity index (χ0v) is 14.1. The Bertz CT molecular complexity index is 631. The fourth-order valence-electron chi connectivity index (χ4n) is 3.79. The van der Waals surface area contributed by atoms with Crippen LogP contribution in [-0.4, -0.2) is 64.0 Å². The molecule has 3 heterocycles. The van der Waals surface area contributed by atoms with Crippen molar-refractivity contribution in [2.24, 2.45) is 5.92 Å². The number of amides is 3. The van der Waals surface area contributed by atoms with Gasteiger partial charge in [0.1, 0.15) is 11.9 Å². The Morgan fingerprint density at radius 2 is 2.04 bits per heavy atom. The van der Waals surface area contributed by atoms with Gasteiger partial charge in [-0.2, -0.15) is 0 Å². The molecule has 0 aromatic carbocycles. The maximum Gasteiger partial charge on any atom is 0.317 e. The smallest absolute Gasteiger partial charge is 0.317 e. The average molecular weight is 331 g/mol.